The van der Waals surface area contributed by atoms with Crippen molar-refractivity contribution < 1.29 is 47.2 Å². The molecule has 59 heavy (non-hydrogen) atoms. The Bertz CT molecular complexity index is 1380. The molecular formula is C48H78NO9P. The van der Waals surface area contributed by atoms with Crippen LogP contribution in [0, 0.1) is 0 Å². The van der Waals surface area contributed by atoms with E-state index in [2.05, 4.69) is 68.5 Å². The lowest BCUT2D eigenvalue weighted by molar-refractivity contribution is -0.870. The minimum Gasteiger partial charge on any atom is -0.756 e. The Balaban J connectivity index is 4.61. The second-order valence-corrected chi connectivity index (χ2v) is 16.6. The zero-order valence-corrected chi connectivity index (χ0v) is 37.9. The van der Waals surface area contributed by atoms with E-state index in [0.717, 1.165) is 70.6 Å². The Hall–Kier alpha value is -3.37. The fourth-order valence-electron chi connectivity index (χ4n) is 5.01. The van der Waals surface area contributed by atoms with Gasteiger partial charge in [0.2, 0.25) is 0 Å². The van der Waals surface area contributed by atoms with Crippen molar-refractivity contribution in [3.63, 3.8) is 0 Å². The number of carbonyl (C=O) groups is 2. The van der Waals surface area contributed by atoms with Crippen LogP contribution in [0.4, 0.5) is 0 Å². The van der Waals surface area contributed by atoms with Gasteiger partial charge in [0, 0.05) is 12.8 Å². The van der Waals surface area contributed by atoms with Gasteiger partial charge in [-0.25, -0.2) is 0 Å². The highest BCUT2D eigenvalue weighted by molar-refractivity contribution is 7.45. The molecule has 0 saturated heterocycles. The summed E-state index contributed by atoms with van der Waals surface area (Å²) in [5.74, 6) is -0.996. The molecule has 0 aromatic carbocycles. The summed E-state index contributed by atoms with van der Waals surface area (Å²) >= 11 is 0. The number of rotatable bonds is 37. The molecule has 0 saturated carbocycles. The van der Waals surface area contributed by atoms with Gasteiger partial charge in [-0.15, -0.1) is 0 Å². The highest BCUT2D eigenvalue weighted by atomic mass is 31.2. The number of likely N-dealkylation sites (N-methyl/N-ethyl adjacent to an activating group) is 1. The van der Waals surface area contributed by atoms with E-state index in [0.29, 0.717) is 36.7 Å². The third kappa shape index (κ3) is 42.6. The topological polar surface area (TPSA) is 131 Å². The number of carbonyl (C=O) groups excluding carboxylic acids is 2. The van der Waals surface area contributed by atoms with E-state index in [1.54, 1.807) is 6.08 Å². The monoisotopic (exact) mass is 844 g/mol. The number of hydrogen-bond acceptors (Lipinski definition) is 9. The van der Waals surface area contributed by atoms with Crippen LogP contribution in [0.5, 0.6) is 0 Å². The van der Waals surface area contributed by atoms with Crippen molar-refractivity contribution >= 4 is 19.8 Å². The lowest BCUT2D eigenvalue weighted by atomic mass is 10.1. The normalized spacial score (nSPS) is 15.2. The minimum absolute atomic E-state index is 0.0633. The molecule has 0 aliphatic carbocycles. The highest BCUT2D eigenvalue weighted by Gasteiger charge is 2.21. The van der Waals surface area contributed by atoms with Crippen LogP contribution >= 0.6 is 7.82 Å². The van der Waals surface area contributed by atoms with Crippen molar-refractivity contribution in [1.29, 1.82) is 0 Å². The number of nitrogens with zero attached hydrogens (tertiary/aromatic N) is 1. The maximum absolute atomic E-state index is 12.6. The number of aliphatic hydroxyl groups excluding tert-OH is 1. The Labute approximate surface area is 358 Å². The average molecular weight is 844 g/mol. The minimum atomic E-state index is -4.67. The molecule has 0 aromatic rings. The van der Waals surface area contributed by atoms with Gasteiger partial charge in [-0.3, -0.25) is 14.2 Å². The van der Waals surface area contributed by atoms with Gasteiger partial charge in [0.05, 0.1) is 33.9 Å². The number of quaternary nitrogens is 1. The SMILES string of the molecule is CC/C=C\C/C=C\C/C=C\CCCCCCCC(=O)OC[C@H](COP(=O)([O-])OCC[N+](C)(C)C)OC(=O)CC/C=C\C/C=C\C/C=C\C=C\C(O)C/C=C\C/C=C\CC. The van der Waals surface area contributed by atoms with Crippen molar-refractivity contribution in [3.8, 4) is 0 Å². The zero-order valence-electron chi connectivity index (χ0n) is 37.0. The fourth-order valence-corrected chi connectivity index (χ4v) is 5.74. The summed E-state index contributed by atoms with van der Waals surface area (Å²) in [6.45, 7) is 3.77. The summed E-state index contributed by atoms with van der Waals surface area (Å²) in [4.78, 5) is 37.5. The quantitative estimate of drug-likeness (QED) is 0.0162. The molecule has 0 aliphatic rings. The zero-order chi connectivity index (χ0) is 43.7. The van der Waals surface area contributed by atoms with Gasteiger partial charge in [-0.05, 0) is 77.0 Å². The number of ether oxygens (including phenoxy) is 2. The highest BCUT2D eigenvalue weighted by Crippen LogP contribution is 2.38. The van der Waals surface area contributed by atoms with Crippen LogP contribution in [0.2, 0.25) is 0 Å². The standard InChI is InChI=1S/C48H78NO9P/c1-6-8-10-12-14-15-16-17-18-19-20-24-27-31-35-39-47(51)55-43-46(44-57-59(53,54)56-42-41-49(3,4)5)58-48(52)40-36-32-28-25-22-21-23-26-30-34-38-45(50)37-33-29-13-11-9-7-2/h8-11,14-15,17-18,21-22,26,28-30,32-34,38,45-46,50H,6-7,12-13,16,19-20,23-25,27,31,35-37,39-44H2,1-5H3/b10-8-,11-9-,15-14-,18-17-,22-21-,30-26-,32-28-,33-29-,38-34+/t45?,46-/m1/s1. The van der Waals surface area contributed by atoms with E-state index in [1.165, 1.54) is 0 Å². The Morgan fingerprint density at radius 3 is 1.80 bits per heavy atom. The first-order chi connectivity index (χ1) is 28.4. The maximum Gasteiger partial charge on any atom is 0.306 e. The van der Waals surface area contributed by atoms with E-state index in [9.17, 15) is 24.2 Å². The van der Waals surface area contributed by atoms with Gasteiger partial charge < -0.3 is 33.0 Å². The van der Waals surface area contributed by atoms with Gasteiger partial charge in [0.25, 0.3) is 7.82 Å². The van der Waals surface area contributed by atoms with Crippen LogP contribution in [0.1, 0.15) is 123 Å². The molecule has 0 aliphatic heterocycles. The first-order valence-corrected chi connectivity index (χ1v) is 23.2. The molecule has 11 heteroatoms. The number of phosphoric acid groups is 1. The van der Waals surface area contributed by atoms with Crippen molar-refractivity contribution in [1.82, 2.24) is 0 Å². The van der Waals surface area contributed by atoms with E-state index < -0.39 is 38.6 Å². The van der Waals surface area contributed by atoms with Gasteiger partial charge >= 0.3 is 11.9 Å². The maximum atomic E-state index is 12.6. The third-order valence-electron chi connectivity index (χ3n) is 8.38. The molecule has 0 bridgehead atoms. The van der Waals surface area contributed by atoms with Crippen molar-refractivity contribution in [2.45, 2.75) is 135 Å². The van der Waals surface area contributed by atoms with Crippen LogP contribution in [-0.2, 0) is 32.7 Å². The van der Waals surface area contributed by atoms with E-state index in [-0.39, 0.29) is 26.1 Å². The molecule has 3 atom stereocenters. The van der Waals surface area contributed by atoms with Gasteiger partial charge in [-0.1, -0.05) is 142 Å². The molecule has 0 rings (SSSR count). The number of phosphoric ester groups is 1. The summed E-state index contributed by atoms with van der Waals surface area (Å²) in [6, 6.07) is 0. The fraction of sp³-hybridized carbons (Fsp3) is 0.583. The van der Waals surface area contributed by atoms with Crippen molar-refractivity contribution in [2.24, 2.45) is 0 Å². The predicted molar refractivity (Wildman–Crippen MR) is 241 cm³/mol. The summed E-state index contributed by atoms with van der Waals surface area (Å²) < 4.78 is 33.7. The Kier molecular flexibility index (Phi) is 36.6. The van der Waals surface area contributed by atoms with Crippen LogP contribution in [0.3, 0.4) is 0 Å². The van der Waals surface area contributed by atoms with E-state index in [1.807, 2.05) is 69.8 Å². The Morgan fingerprint density at radius 2 is 1.17 bits per heavy atom. The molecule has 334 valence electrons. The molecule has 0 radical (unpaired) electrons. The van der Waals surface area contributed by atoms with Crippen LogP contribution in [0.15, 0.2) is 109 Å². The summed E-state index contributed by atoms with van der Waals surface area (Å²) in [5, 5.41) is 10.0. The lowest BCUT2D eigenvalue weighted by Crippen LogP contribution is -2.37. The van der Waals surface area contributed by atoms with Crippen molar-refractivity contribution in [3.05, 3.63) is 109 Å². The summed E-state index contributed by atoms with van der Waals surface area (Å²) in [6.07, 6.45) is 48.7. The Morgan fingerprint density at radius 1 is 0.627 bits per heavy atom. The average Bonchev–Trinajstić information content (AvgIpc) is 3.18. The van der Waals surface area contributed by atoms with Gasteiger partial charge in [0.15, 0.2) is 6.10 Å². The van der Waals surface area contributed by atoms with E-state index >= 15 is 0 Å². The molecular weight excluding hydrogens is 765 g/mol. The molecule has 0 heterocycles. The molecule has 2 unspecified atom stereocenters. The molecule has 0 aromatic heterocycles. The van der Waals surface area contributed by atoms with Gasteiger partial charge in [-0.2, -0.15) is 0 Å². The number of hydrogen-bond donors (Lipinski definition) is 1. The van der Waals surface area contributed by atoms with Crippen molar-refractivity contribution in [2.75, 3.05) is 47.5 Å². The van der Waals surface area contributed by atoms with Gasteiger partial charge in [0.1, 0.15) is 19.8 Å². The molecule has 1 N–H and O–H groups in total. The van der Waals surface area contributed by atoms with Crippen LogP contribution in [0.25, 0.3) is 0 Å². The smallest absolute Gasteiger partial charge is 0.306 e. The number of aliphatic hydroxyl groups is 1. The molecule has 10 nitrogen and oxygen atoms in total. The molecule has 0 spiro atoms. The molecule has 0 fully saturated rings. The first-order valence-electron chi connectivity index (χ1n) is 21.7. The second-order valence-electron chi connectivity index (χ2n) is 15.1. The number of unbranched alkanes of at least 4 members (excludes halogenated alkanes) is 5. The largest absolute Gasteiger partial charge is 0.756 e. The third-order valence-corrected chi connectivity index (χ3v) is 9.35. The van der Waals surface area contributed by atoms with E-state index in [4.69, 9.17) is 18.5 Å². The predicted octanol–water partition coefficient (Wildman–Crippen LogP) is 10.7. The summed E-state index contributed by atoms with van der Waals surface area (Å²) in [5.41, 5.74) is 0. The lowest BCUT2D eigenvalue weighted by Gasteiger charge is -2.28. The van der Waals surface area contributed by atoms with Crippen LogP contribution < -0.4 is 4.89 Å². The van der Waals surface area contributed by atoms with Crippen LogP contribution in [-0.4, -0.2) is 81.2 Å². The first kappa shape index (κ1) is 55.6. The second kappa shape index (κ2) is 38.8. The number of esters is 2. The molecule has 0 amide bonds. The number of allylic oxidation sites excluding steroid dienone is 16. The summed E-state index contributed by atoms with van der Waals surface area (Å²) in [7, 11) is 1.05.